The molecular weight excluding hydrogens is 663 g/mol. The molecule has 2 unspecified atom stereocenters. The second-order valence-electron chi connectivity index (χ2n) is 11.5. The van der Waals surface area contributed by atoms with E-state index in [9.17, 15) is 28.4 Å². The first-order valence-corrected chi connectivity index (χ1v) is 15.9. The number of ether oxygens (including phenoxy) is 2. The summed E-state index contributed by atoms with van der Waals surface area (Å²) in [6.07, 6.45) is -0.899. The van der Waals surface area contributed by atoms with Gasteiger partial charge in [-0.25, -0.2) is 15.0 Å². The predicted molar refractivity (Wildman–Crippen MR) is 172 cm³/mol. The number of carbonyl (C=O) groups excluding carboxylic acids is 5. The van der Waals surface area contributed by atoms with E-state index in [-0.39, 0.29) is 31.0 Å². The second-order valence-corrected chi connectivity index (χ2v) is 12.6. The van der Waals surface area contributed by atoms with Crippen LogP contribution in [0.3, 0.4) is 0 Å². The standard InChI is InChI=1S/C30H35FN10O7S/c1-34-27-23-28(38-18(37-27)8-6-15-5-7-17(31)49-15)41(14-36-23)24-16-9-30(16,29(46)35-2)26(48-22(45)13-40(4)20(43)11-33)25(24)47-21(44)12-39(3)19(42)10-32/h5,7,14,16,24-26H,9-13,32-33H2,1-4H3,(H,35,46)(H,34,37,38)/t16?,24?,25-,26-,30-/m0/s1. The maximum absolute atomic E-state index is 13.6. The Morgan fingerprint density at radius 2 is 1.69 bits per heavy atom. The van der Waals surface area contributed by atoms with Gasteiger partial charge in [0.05, 0.1) is 35.8 Å². The van der Waals surface area contributed by atoms with E-state index in [1.165, 1.54) is 39.6 Å². The molecule has 3 amide bonds. The molecule has 260 valence electrons. The normalized spacial score (nSPS) is 21.9. The van der Waals surface area contributed by atoms with Crippen LogP contribution in [-0.2, 0) is 33.4 Å². The summed E-state index contributed by atoms with van der Waals surface area (Å²) in [5, 5.41) is 5.20. The Morgan fingerprint density at radius 1 is 1.04 bits per heavy atom. The van der Waals surface area contributed by atoms with Gasteiger partial charge in [0, 0.05) is 34.1 Å². The van der Waals surface area contributed by atoms with Crippen molar-refractivity contribution in [3.8, 4) is 11.8 Å². The Kier molecular flexibility index (Phi) is 10.1. The van der Waals surface area contributed by atoms with Crippen molar-refractivity contribution in [1.29, 1.82) is 0 Å². The van der Waals surface area contributed by atoms with Gasteiger partial charge in [-0.05, 0) is 30.4 Å². The number of hydrogen-bond acceptors (Lipinski definition) is 14. The number of halogens is 1. The van der Waals surface area contributed by atoms with Crippen molar-refractivity contribution >= 4 is 58.0 Å². The van der Waals surface area contributed by atoms with Crippen LogP contribution in [0, 0.1) is 28.3 Å². The van der Waals surface area contributed by atoms with Crippen LogP contribution in [-0.4, -0.2) is 126 Å². The zero-order valence-corrected chi connectivity index (χ0v) is 27.9. The lowest BCUT2D eigenvalue weighted by molar-refractivity contribution is -0.176. The van der Waals surface area contributed by atoms with E-state index in [2.05, 4.69) is 37.4 Å². The SMILES string of the molecule is CNC(=O)[C@@]12CC1C(n1cnc3c(NC)nc(C#Cc4ccc(F)s4)nc31)[C@H](OC(=O)CN(C)C(=O)CN)[C@@H]2OC(=O)CN(C)C(=O)CN. The molecule has 0 spiro atoms. The number of aromatic nitrogens is 4. The fourth-order valence-electron chi connectivity index (χ4n) is 6.14. The highest BCUT2D eigenvalue weighted by molar-refractivity contribution is 7.10. The molecule has 0 aliphatic heterocycles. The summed E-state index contributed by atoms with van der Waals surface area (Å²) in [4.78, 5) is 80.4. The van der Waals surface area contributed by atoms with Gasteiger partial charge in [0.1, 0.15) is 13.1 Å². The number of imidazole rings is 1. The fraction of sp³-hybridized carbons (Fsp3) is 0.467. The van der Waals surface area contributed by atoms with Crippen LogP contribution >= 0.6 is 11.3 Å². The molecule has 2 aliphatic carbocycles. The van der Waals surface area contributed by atoms with Crippen LogP contribution in [0.4, 0.5) is 10.2 Å². The Hall–Kier alpha value is -5.19. The maximum atomic E-state index is 13.6. The molecule has 5 rings (SSSR count). The smallest absolute Gasteiger partial charge is 0.326 e. The molecule has 49 heavy (non-hydrogen) atoms. The van der Waals surface area contributed by atoms with E-state index in [1.54, 1.807) is 11.6 Å². The monoisotopic (exact) mass is 698 g/mol. The third-order valence-corrected chi connectivity index (χ3v) is 9.36. The predicted octanol–water partition coefficient (Wildman–Crippen LogP) is -1.57. The number of nitrogens with zero attached hydrogens (tertiary/aromatic N) is 6. The quantitative estimate of drug-likeness (QED) is 0.131. The summed E-state index contributed by atoms with van der Waals surface area (Å²) in [5.41, 5.74) is 10.2. The van der Waals surface area contributed by atoms with Crippen LogP contribution in [0.15, 0.2) is 18.5 Å². The third kappa shape index (κ3) is 6.75. The highest BCUT2D eigenvalue weighted by atomic mass is 32.1. The van der Waals surface area contributed by atoms with E-state index < -0.39 is 77.5 Å². The number of carbonyl (C=O) groups is 5. The molecule has 3 aromatic heterocycles. The molecule has 17 nitrogen and oxygen atoms in total. The molecule has 2 aliphatic rings. The molecule has 0 radical (unpaired) electrons. The first-order valence-electron chi connectivity index (χ1n) is 15.1. The zero-order chi connectivity index (χ0) is 35.6. The summed E-state index contributed by atoms with van der Waals surface area (Å²) in [6, 6.07) is 1.97. The zero-order valence-electron chi connectivity index (χ0n) is 27.1. The fourth-order valence-corrected chi connectivity index (χ4v) is 6.73. The van der Waals surface area contributed by atoms with Crippen LogP contribution < -0.4 is 22.1 Å². The Labute approximate surface area is 283 Å². The summed E-state index contributed by atoms with van der Waals surface area (Å²) in [5.74, 6) is 2.33. The van der Waals surface area contributed by atoms with Crippen molar-refractivity contribution in [1.82, 2.24) is 34.6 Å². The molecule has 0 saturated heterocycles. The van der Waals surface area contributed by atoms with Crippen molar-refractivity contribution in [3.63, 3.8) is 0 Å². The average molecular weight is 699 g/mol. The minimum absolute atomic E-state index is 0.0739. The lowest BCUT2D eigenvalue weighted by Gasteiger charge is -2.31. The number of esters is 2. The summed E-state index contributed by atoms with van der Waals surface area (Å²) >= 11 is 0.864. The number of nitrogens with one attached hydrogen (secondary N) is 2. The molecule has 0 bridgehead atoms. The second kappa shape index (κ2) is 14.1. The van der Waals surface area contributed by atoms with Gasteiger partial charge in [-0.2, -0.15) is 4.39 Å². The molecule has 2 fully saturated rings. The van der Waals surface area contributed by atoms with E-state index in [4.69, 9.17) is 20.9 Å². The third-order valence-electron chi connectivity index (χ3n) is 8.57. The van der Waals surface area contributed by atoms with Gasteiger partial charge in [0.15, 0.2) is 34.3 Å². The number of fused-ring (bicyclic) bond motifs is 2. The molecule has 0 aromatic carbocycles. The largest absolute Gasteiger partial charge is 0.456 e. The van der Waals surface area contributed by atoms with Gasteiger partial charge in [0.25, 0.3) is 0 Å². The van der Waals surface area contributed by atoms with E-state index >= 15 is 0 Å². The maximum Gasteiger partial charge on any atom is 0.326 e. The Morgan fingerprint density at radius 3 is 2.27 bits per heavy atom. The minimum atomic E-state index is -1.32. The number of rotatable bonds is 11. The number of amides is 3. The molecule has 6 N–H and O–H groups in total. The molecule has 19 heteroatoms. The Bertz CT molecular complexity index is 1870. The number of likely N-dealkylation sites (N-methyl/N-ethyl adjacent to an activating group) is 2. The number of anilines is 1. The van der Waals surface area contributed by atoms with Gasteiger partial charge in [-0.3, -0.25) is 24.0 Å². The van der Waals surface area contributed by atoms with Crippen molar-refractivity contribution in [2.24, 2.45) is 22.8 Å². The lowest BCUT2D eigenvalue weighted by Crippen LogP contribution is -2.48. The van der Waals surface area contributed by atoms with Gasteiger partial charge < -0.3 is 45.9 Å². The summed E-state index contributed by atoms with van der Waals surface area (Å²) in [7, 11) is 5.81. The minimum Gasteiger partial charge on any atom is -0.456 e. The molecule has 3 heterocycles. The van der Waals surface area contributed by atoms with Gasteiger partial charge >= 0.3 is 11.9 Å². The van der Waals surface area contributed by atoms with E-state index in [0.717, 1.165) is 21.1 Å². The highest BCUT2D eigenvalue weighted by Gasteiger charge is 2.78. The van der Waals surface area contributed by atoms with Gasteiger partial charge in [-0.1, -0.05) is 11.3 Å². The van der Waals surface area contributed by atoms with Crippen molar-refractivity contribution in [2.45, 2.75) is 24.7 Å². The number of thiophene rings is 1. The first-order chi connectivity index (χ1) is 23.4. The van der Waals surface area contributed by atoms with Crippen LogP contribution in [0.2, 0.25) is 0 Å². The summed E-state index contributed by atoms with van der Waals surface area (Å²) in [6.45, 7) is -1.64. The van der Waals surface area contributed by atoms with Crippen LogP contribution in [0.5, 0.6) is 0 Å². The van der Waals surface area contributed by atoms with E-state index in [1.807, 2.05) is 0 Å². The molecule has 2 saturated carbocycles. The van der Waals surface area contributed by atoms with Crippen LogP contribution in [0.25, 0.3) is 11.2 Å². The lowest BCUT2D eigenvalue weighted by atomic mass is 9.97. The molecule has 3 aromatic rings. The van der Waals surface area contributed by atoms with Crippen LogP contribution in [0.1, 0.15) is 23.2 Å². The highest BCUT2D eigenvalue weighted by Crippen LogP contribution is 2.69. The van der Waals surface area contributed by atoms with Crippen molar-refractivity contribution in [3.05, 3.63) is 34.3 Å². The number of nitrogens with two attached hydrogens (primary N) is 2. The number of hydrogen-bond donors (Lipinski definition) is 4. The van der Waals surface area contributed by atoms with Crippen molar-refractivity contribution < 1.29 is 37.8 Å². The van der Waals surface area contributed by atoms with E-state index in [0.29, 0.717) is 16.2 Å². The van der Waals surface area contributed by atoms with Crippen molar-refractivity contribution in [2.75, 3.05) is 59.7 Å². The molecular formula is C30H35FN10O7S. The van der Waals surface area contributed by atoms with Gasteiger partial charge in [0.2, 0.25) is 23.5 Å². The Balaban J connectivity index is 1.59. The topological polar surface area (TPSA) is 230 Å². The first kappa shape index (κ1) is 35.1. The van der Waals surface area contributed by atoms with Gasteiger partial charge in [-0.15, -0.1) is 0 Å². The average Bonchev–Trinajstić information content (AvgIpc) is 3.31. The molecule has 5 atom stereocenters. The summed E-state index contributed by atoms with van der Waals surface area (Å²) < 4.78 is 27.0.